The van der Waals surface area contributed by atoms with E-state index in [1.807, 2.05) is 0 Å². The van der Waals surface area contributed by atoms with Crippen LogP contribution in [-0.4, -0.2) is 23.9 Å². The van der Waals surface area contributed by atoms with E-state index in [-0.39, 0.29) is 6.04 Å². The Morgan fingerprint density at radius 1 is 0.553 bits per heavy atom. The van der Waals surface area contributed by atoms with Gasteiger partial charge in [0.15, 0.2) is 0 Å². The van der Waals surface area contributed by atoms with Crippen LogP contribution in [0.5, 0.6) is 0 Å². The van der Waals surface area contributed by atoms with E-state index in [0.29, 0.717) is 6.04 Å². The van der Waals surface area contributed by atoms with Crippen LogP contribution in [0.2, 0.25) is 0 Å². The van der Waals surface area contributed by atoms with Crippen molar-refractivity contribution in [3.05, 3.63) is 96.1 Å². The normalized spacial score (nSPS) is 18.9. The zero-order valence-electron chi connectivity index (χ0n) is 22.4. The molecule has 0 atom stereocenters. The summed E-state index contributed by atoms with van der Waals surface area (Å²) in [6, 6.07) is 31.9. The van der Waals surface area contributed by atoms with E-state index < -0.39 is 8.53 Å². The topological polar surface area (TPSA) is 21.7 Å². The third kappa shape index (κ3) is 5.68. The monoisotopic (exact) mass is 525 g/mol. The van der Waals surface area contributed by atoms with Crippen LogP contribution in [0.4, 0.5) is 0 Å². The first-order valence-corrected chi connectivity index (χ1v) is 15.8. The van der Waals surface area contributed by atoms with Crippen molar-refractivity contribution in [3.8, 4) is 0 Å². The SMILES string of the molecule is c1ccc2c(C(c3cccc4ccccc34)N(C3CCCCC3)P3OCCCCCCCO3)cccc2c1. The molecule has 0 aromatic heterocycles. The molecule has 0 amide bonds. The molecule has 3 nitrogen and oxygen atoms in total. The predicted octanol–water partition coefficient (Wildman–Crippen LogP) is 9.94. The van der Waals surface area contributed by atoms with Crippen LogP contribution in [0.3, 0.4) is 0 Å². The molecule has 1 saturated heterocycles. The maximum Gasteiger partial charge on any atom is 0.259 e. The molecule has 1 aliphatic heterocycles. The van der Waals surface area contributed by atoms with Crippen molar-refractivity contribution in [2.24, 2.45) is 0 Å². The van der Waals surface area contributed by atoms with Crippen LogP contribution in [0.25, 0.3) is 21.5 Å². The highest BCUT2D eigenvalue weighted by molar-refractivity contribution is 7.44. The molecule has 0 radical (unpaired) electrons. The first-order chi connectivity index (χ1) is 18.9. The van der Waals surface area contributed by atoms with Gasteiger partial charge in [-0.2, -0.15) is 0 Å². The number of rotatable bonds is 5. The molecule has 1 aliphatic carbocycles. The van der Waals surface area contributed by atoms with Crippen LogP contribution in [0, 0.1) is 0 Å². The molecular weight excluding hydrogens is 485 g/mol. The largest absolute Gasteiger partial charge is 0.322 e. The van der Waals surface area contributed by atoms with Gasteiger partial charge in [-0.3, -0.25) is 0 Å². The quantitative estimate of drug-likeness (QED) is 0.242. The van der Waals surface area contributed by atoms with E-state index in [4.69, 9.17) is 9.05 Å². The van der Waals surface area contributed by atoms with Gasteiger partial charge in [0.25, 0.3) is 8.53 Å². The highest BCUT2D eigenvalue weighted by atomic mass is 31.2. The van der Waals surface area contributed by atoms with Crippen molar-refractivity contribution in [1.82, 2.24) is 4.67 Å². The molecule has 1 heterocycles. The van der Waals surface area contributed by atoms with Crippen molar-refractivity contribution in [2.75, 3.05) is 13.2 Å². The Morgan fingerprint density at radius 2 is 1.03 bits per heavy atom. The van der Waals surface area contributed by atoms with E-state index in [1.165, 1.54) is 84.0 Å². The van der Waals surface area contributed by atoms with Gasteiger partial charge in [-0.25, -0.2) is 4.67 Å². The van der Waals surface area contributed by atoms with Gasteiger partial charge in [0.05, 0.1) is 19.3 Å². The second kappa shape index (κ2) is 12.7. The van der Waals surface area contributed by atoms with Crippen molar-refractivity contribution >= 4 is 30.1 Å². The zero-order chi connectivity index (χ0) is 25.6. The molecule has 0 unspecified atom stereocenters. The predicted molar refractivity (Wildman–Crippen MR) is 160 cm³/mol. The second-order valence-corrected chi connectivity index (χ2v) is 12.3. The third-order valence-corrected chi connectivity index (χ3v) is 10.1. The maximum absolute atomic E-state index is 6.75. The number of fused-ring (bicyclic) bond motifs is 2. The zero-order valence-corrected chi connectivity index (χ0v) is 23.3. The van der Waals surface area contributed by atoms with Crippen molar-refractivity contribution in [1.29, 1.82) is 0 Å². The summed E-state index contributed by atoms with van der Waals surface area (Å²) in [4.78, 5) is 0. The van der Waals surface area contributed by atoms with Gasteiger partial charge in [0.2, 0.25) is 0 Å². The molecule has 0 N–H and O–H groups in total. The molecule has 198 valence electrons. The standard InChI is InChI=1S/C34H40NO2P/c1-2-11-25-36-38(37-26-12-3-1)35(29-19-5-4-6-20-29)34(32-23-13-17-27-15-7-9-21-30(27)32)33-24-14-18-28-16-8-10-22-31(28)33/h7-10,13-18,21-24,29,34H,1-6,11-12,19-20,25-26H2. The molecule has 4 heteroatoms. The van der Waals surface area contributed by atoms with Gasteiger partial charge in [0.1, 0.15) is 0 Å². The highest BCUT2D eigenvalue weighted by Crippen LogP contribution is 2.55. The molecule has 4 aromatic carbocycles. The summed E-state index contributed by atoms with van der Waals surface area (Å²) in [6.45, 7) is 1.57. The van der Waals surface area contributed by atoms with Gasteiger partial charge in [-0.15, -0.1) is 0 Å². The summed E-state index contributed by atoms with van der Waals surface area (Å²) in [5, 5.41) is 5.23. The fourth-order valence-corrected chi connectivity index (χ4v) is 8.25. The van der Waals surface area contributed by atoms with E-state index in [0.717, 1.165) is 26.1 Å². The number of hydrogen-bond donors (Lipinski definition) is 0. The molecule has 2 fully saturated rings. The van der Waals surface area contributed by atoms with Crippen molar-refractivity contribution in [3.63, 3.8) is 0 Å². The Labute approximate surface area is 229 Å². The fourth-order valence-electron chi connectivity index (χ4n) is 6.40. The minimum Gasteiger partial charge on any atom is -0.322 e. The van der Waals surface area contributed by atoms with Gasteiger partial charge in [-0.1, -0.05) is 123 Å². The van der Waals surface area contributed by atoms with Crippen LogP contribution in [0.1, 0.15) is 81.4 Å². The Morgan fingerprint density at radius 3 is 1.61 bits per heavy atom. The Kier molecular flexibility index (Phi) is 8.68. The van der Waals surface area contributed by atoms with Crippen LogP contribution in [0.15, 0.2) is 84.9 Å². The summed E-state index contributed by atoms with van der Waals surface area (Å²) >= 11 is 0. The van der Waals surface area contributed by atoms with Crippen LogP contribution < -0.4 is 0 Å². The first kappa shape index (κ1) is 26.0. The van der Waals surface area contributed by atoms with Crippen LogP contribution in [-0.2, 0) is 9.05 Å². The Hall–Kier alpha value is -2.29. The minimum absolute atomic E-state index is 0.0596. The molecule has 6 rings (SSSR count). The van der Waals surface area contributed by atoms with E-state index in [1.54, 1.807) is 0 Å². The first-order valence-electron chi connectivity index (χ1n) is 14.7. The molecule has 1 saturated carbocycles. The lowest BCUT2D eigenvalue weighted by molar-refractivity contribution is 0.142. The van der Waals surface area contributed by atoms with Gasteiger partial charge < -0.3 is 9.05 Å². The summed E-state index contributed by atoms with van der Waals surface area (Å²) in [7, 11) is -1.19. The molecule has 0 bridgehead atoms. The fraction of sp³-hybridized carbons (Fsp3) is 0.412. The number of benzene rings is 4. The van der Waals surface area contributed by atoms with Gasteiger partial charge in [0, 0.05) is 6.04 Å². The average molecular weight is 526 g/mol. The lowest BCUT2D eigenvalue weighted by atomic mass is 9.88. The van der Waals surface area contributed by atoms with Crippen LogP contribution >= 0.6 is 8.53 Å². The molecule has 38 heavy (non-hydrogen) atoms. The second-order valence-electron chi connectivity index (χ2n) is 10.9. The van der Waals surface area contributed by atoms with E-state index in [9.17, 15) is 0 Å². The number of hydrogen-bond acceptors (Lipinski definition) is 3. The lowest BCUT2D eigenvalue weighted by Gasteiger charge is -2.43. The molecular formula is C34H40NO2P. The van der Waals surface area contributed by atoms with Gasteiger partial charge >= 0.3 is 0 Å². The smallest absolute Gasteiger partial charge is 0.259 e. The Balaban J connectivity index is 1.55. The lowest BCUT2D eigenvalue weighted by Crippen LogP contribution is -2.38. The average Bonchev–Trinajstić information content (AvgIpc) is 2.99. The summed E-state index contributed by atoms with van der Waals surface area (Å²) in [5.41, 5.74) is 2.72. The molecule has 2 aliphatic rings. The summed E-state index contributed by atoms with van der Waals surface area (Å²) in [5.74, 6) is 0. The van der Waals surface area contributed by atoms with Crippen molar-refractivity contribution < 1.29 is 9.05 Å². The maximum atomic E-state index is 6.75. The van der Waals surface area contributed by atoms with E-state index >= 15 is 0 Å². The highest BCUT2D eigenvalue weighted by Gasteiger charge is 2.39. The summed E-state index contributed by atoms with van der Waals surface area (Å²) in [6.07, 6.45) is 12.3. The molecule has 0 spiro atoms. The number of nitrogens with zero attached hydrogens (tertiary/aromatic N) is 1. The third-order valence-electron chi connectivity index (χ3n) is 8.33. The van der Waals surface area contributed by atoms with Crippen molar-refractivity contribution in [2.45, 2.75) is 76.3 Å². The summed E-state index contributed by atoms with van der Waals surface area (Å²) < 4.78 is 16.2. The minimum atomic E-state index is -1.19. The van der Waals surface area contributed by atoms with Gasteiger partial charge in [-0.05, 0) is 58.4 Å². The molecule has 4 aromatic rings. The van der Waals surface area contributed by atoms with E-state index in [2.05, 4.69) is 89.6 Å². The Bertz CT molecular complexity index is 1230.